The van der Waals surface area contributed by atoms with Crippen molar-refractivity contribution in [2.24, 2.45) is 0 Å². The number of hydrogen-bond acceptors (Lipinski definition) is 4. The van der Waals surface area contributed by atoms with Gasteiger partial charge < -0.3 is 10.1 Å². The van der Waals surface area contributed by atoms with Gasteiger partial charge in [-0.05, 0) is 26.0 Å². The standard InChI is InChI=1S/C13H15FN2OS/c1-9(2)17-11-3-4-13(12(14)5-11)15-6-10-7-18-8-16-10/h3-5,7-9,15H,6H2,1-2H3. The molecule has 0 spiro atoms. The number of ether oxygens (including phenoxy) is 1. The molecule has 0 aliphatic heterocycles. The fourth-order valence-corrected chi connectivity index (χ4v) is 2.05. The van der Waals surface area contributed by atoms with E-state index < -0.39 is 0 Å². The van der Waals surface area contributed by atoms with Crippen LogP contribution in [0.5, 0.6) is 5.75 Å². The molecule has 1 aromatic carbocycles. The molecule has 0 aliphatic carbocycles. The van der Waals surface area contributed by atoms with Gasteiger partial charge in [-0.1, -0.05) is 0 Å². The topological polar surface area (TPSA) is 34.1 Å². The van der Waals surface area contributed by atoms with Gasteiger partial charge in [0.2, 0.25) is 0 Å². The molecule has 0 fully saturated rings. The maximum atomic E-state index is 13.8. The van der Waals surface area contributed by atoms with Gasteiger partial charge in [0.25, 0.3) is 0 Å². The third-order valence-electron chi connectivity index (χ3n) is 2.26. The second kappa shape index (κ2) is 5.82. The summed E-state index contributed by atoms with van der Waals surface area (Å²) in [4.78, 5) is 4.13. The van der Waals surface area contributed by atoms with Crippen LogP contribution >= 0.6 is 11.3 Å². The van der Waals surface area contributed by atoms with E-state index >= 15 is 0 Å². The maximum Gasteiger partial charge on any atom is 0.149 e. The van der Waals surface area contributed by atoms with Crippen LogP contribution < -0.4 is 10.1 Å². The van der Waals surface area contributed by atoms with Gasteiger partial charge in [-0.15, -0.1) is 11.3 Å². The summed E-state index contributed by atoms with van der Waals surface area (Å²) in [6.45, 7) is 4.34. The Morgan fingerprint density at radius 1 is 1.44 bits per heavy atom. The van der Waals surface area contributed by atoms with E-state index in [1.807, 2.05) is 19.2 Å². The highest BCUT2D eigenvalue weighted by Crippen LogP contribution is 2.22. The number of benzene rings is 1. The van der Waals surface area contributed by atoms with Crippen molar-refractivity contribution in [1.29, 1.82) is 0 Å². The van der Waals surface area contributed by atoms with E-state index in [4.69, 9.17) is 4.74 Å². The van der Waals surface area contributed by atoms with E-state index in [1.54, 1.807) is 17.6 Å². The highest BCUT2D eigenvalue weighted by molar-refractivity contribution is 7.07. The molecule has 96 valence electrons. The van der Waals surface area contributed by atoms with Crippen LogP contribution in [0.25, 0.3) is 0 Å². The van der Waals surface area contributed by atoms with Gasteiger partial charge in [0, 0.05) is 11.4 Å². The van der Waals surface area contributed by atoms with Gasteiger partial charge in [0.1, 0.15) is 11.6 Å². The van der Waals surface area contributed by atoms with Gasteiger partial charge >= 0.3 is 0 Å². The van der Waals surface area contributed by atoms with Crippen molar-refractivity contribution < 1.29 is 9.13 Å². The molecule has 5 heteroatoms. The Kier molecular flexibility index (Phi) is 4.15. The summed E-state index contributed by atoms with van der Waals surface area (Å²) in [5.74, 6) is 0.227. The van der Waals surface area contributed by atoms with Crippen LogP contribution in [0.1, 0.15) is 19.5 Å². The Hall–Kier alpha value is -1.62. The Morgan fingerprint density at radius 3 is 2.89 bits per heavy atom. The van der Waals surface area contributed by atoms with Crippen molar-refractivity contribution >= 4 is 17.0 Å². The summed E-state index contributed by atoms with van der Waals surface area (Å²) in [6.07, 6.45) is 0.0400. The maximum absolute atomic E-state index is 13.8. The summed E-state index contributed by atoms with van der Waals surface area (Å²) in [5, 5.41) is 4.94. The fraction of sp³-hybridized carbons (Fsp3) is 0.308. The first kappa shape index (κ1) is 12.8. The first-order valence-corrected chi connectivity index (χ1v) is 6.66. The zero-order valence-electron chi connectivity index (χ0n) is 10.3. The number of rotatable bonds is 5. The Labute approximate surface area is 110 Å². The smallest absolute Gasteiger partial charge is 0.149 e. The number of aromatic nitrogens is 1. The molecule has 2 rings (SSSR count). The van der Waals surface area contributed by atoms with E-state index in [-0.39, 0.29) is 11.9 Å². The molecule has 0 saturated heterocycles. The lowest BCUT2D eigenvalue weighted by Crippen LogP contribution is -2.06. The van der Waals surface area contributed by atoms with Gasteiger partial charge in [-0.2, -0.15) is 0 Å². The second-order valence-corrected chi connectivity index (χ2v) is 4.86. The van der Waals surface area contributed by atoms with Crippen molar-refractivity contribution in [3.63, 3.8) is 0 Å². The molecule has 0 aliphatic rings. The summed E-state index contributed by atoms with van der Waals surface area (Å²) >= 11 is 1.52. The van der Waals surface area contributed by atoms with Crippen LogP contribution in [0, 0.1) is 5.82 Å². The predicted octanol–water partition coefficient (Wildman–Crippen LogP) is 3.68. The first-order valence-electron chi connectivity index (χ1n) is 5.72. The van der Waals surface area contributed by atoms with Crippen molar-refractivity contribution in [3.8, 4) is 5.75 Å². The molecule has 0 saturated carbocycles. The zero-order valence-corrected chi connectivity index (χ0v) is 11.1. The van der Waals surface area contributed by atoms with Crippen LogP contribution in [0.15, 0.2) is 29.1 Å². The third-order valence-corrected chi connectivity index (χ3v) is 2.89. The van der Waals surface area contributed by atoms with Crippen molar-refractivity contribution in [3.05, 3.63) is 40.6 Å². The number of hydrogen-bond donors (Lipinski definition) is 1. The van der Waals surface area contributed by atoms with Crippen molar-refractivity contribution in [2.75, 3.05) is 5.32 Å². The molecule has 2 aromatic rings. The van der Waals surface area contributed by atoms with Crippen LogP contribution in [-0.4, -0.2) is 11.1 Å². The zero-order chi connectivity index (χ0) is 13.0. The van der Waals surface area contributed by atoms with E-state index in [0.29, 0.717) is 18.0 Å². The second-order valence-electron chi connectivity index (χ2n) is 4.14. The average Bonchev–Trinajstić information content (AvgIpc) is 2.80. The summed E-state index contributed by atoms with van der Waals surface area (Å²) in [7, 11) is 0. The molecule has 1 heterocycles. The van der Waals surface area contributed by atoms with Crippen LogP contribution in [0.4, 0.5) is 10.1 Å². The monoisotopic (exact) mass is 266 g/mol. The lowest BCUT2D eigenvalue weighted by molar-refractivity contribution is 0.241. The molecule has 3 nitrogen and oxygen atoms in total. The fourth-order valence-electron chi connectivity index (χ4n) is 1.50. The largest absolute Gasteiger partial charge is 0.491 e. The van der Waals surface area contributed by atoms with E-state index in [2.05, 4.69) is 10.3 Å². The Bertz CT molecular complexity index is 500. The molecular weight excluding hydrogens is 251 g/mol. The molecule has 18 heavy (non-hydrogen) atoms. The predicted molar refractivity (Wildman–Crippen MR) is 71.6 cm³/mol. The number of nitrogens with one attached hydrogen (secondary N) is 1. The lowest BCUT2D eigenvalue weighted by Gasteiger charge is -2.11. The van der Waals surface area contributed by atoms with E-state index in [1.165, 1.54) is 17.4 Å². The van der Waals surface area contributed by atoms with Crippen molar-refractivity contribution in [1.82, 2.24) is 4.98 Å². The van der Waals surface area contributed by atoms with Gasteiger partial charge in [0.05, 0.1) is 29.5 Å². The van der Waals surface area contributed by atoms with Gasteiger partial charge in [-0.3, -0.25) is 0 Å². The quantitative estimate of drug-likeness (QED) is 0.896. The average molecular weight is 266 g/mol. The number of thiazole rings is 1. The van der Waals surface area contributed by atoms with Crippen LogP contribution in [0.3, 0.4) is 0 Å². The summed E-state index contributed by atoms with van der Waals surface area (Å²) < 4.78 is 19.2. The highest BCUT2D eigenvalue weighted by atomic mass is 32.1. The molecule has 0 atom stereocenters. The Balaban J connectivity index is 2.01. The number of halogens is 1. The molecule has 0 unspecified atom stereocenters. The first-order chi connectivity index (χ1) is 8.65. The molecule has 1 N–H and O–H groups in total. The minimum absolute atomic E-state index is 0.0400. The molecular formula is C13H15FN2OS. The molecule has 0 amide bonds. The highest BCUT2D eigenvalue weighted by Gasteiger charge is 2.05. The van der Waals surface area contributed by atoms with E-state index in [0.717, 1.165) is 5.69 Å². The van der Waals surface area contributed by atoms with Crippen LogP contribution in [-0.2, 0) is 6.54 Å². The summed E-state index contributed by atoms with van der Waals surface area (Å²) in [6, 6.07) is 4.83. The lowest BCUT2D eigenvalue weighted by atomic mass is 10.2. The van der Waals surface area contributed by atoms with E-state index in [9.17, 15) is 4.39 Å². The minimum Gasteiger partial charge on any atom is -0.491 e. The number of nitrogens with zero attached hydrogens (tertiary/aromatic N) is 1. The number of anilines is 1. The molecule has 0 radical (unpaired) electrons. The normalized spacial score (nSPS) is 10.7. The molecule has 0 bridgehead atoms. The summed E-state index contributed by atoms with van der Waals surface area (Å²) in [5.41, 5.74) is 3.12. The van der Waals surface area contributed by atoms with Gasteiger partial charge in [0.15, 0.2) is 0 Å². The van der Waals surface area contributed by atoms with Crippen molar-refractivity contribution in [2.45, 2.75) is 26.5 Å². The SMILES string of the molecule is CC(C)Oc1ccc(NCc2cscn2)c(F)c1. The van der Waals surface area contributed by atoms with Gasteiger partial charge in [-0.25, -0.2) is 9.37 Å². The minimum atomic E-state index is -0.316. The third kappa shape index (κ3) is 3.43. The molecule has 1 aromatic heterocycles. The van der Waals surface area contributed by atoms with Crippen LogP contribution in [0.2, 0.25) is 0 Å². The Morgan fingerprint density at radius 2 is 2.28 bits per heavy atom.